The zero-order chi connectivity index (χ0) is 11.4. The molecule has 0 aliphatic rings. The van der Waals surface area contributed by atoms with Crippen molar-refractivity contribution in [1.82, 2.24) is 0 Å². The highest BCUT2D eigenvalue weighted by atomic mass is 19.1. The number of rotatable bonds is 3. The number of carbonyl (C=O) groups excluding carboxylic acids is 1. The number of ether oxygens (including phenoxy) is 1. The molecule has 0 saturated heterocycles. The highest BCUT2D eigenvalue weighted by Crippen LogP contribution is 2.20. The van der Waals surface area contributed by atoms with E-state index in [9.17, 15) is 9.18 Å². The first-order valence-electron chi connectivity index (χ1n) is 5.02. The first-order chi connectivity index (χ1) is 7.06. The standard InChI is InChI=1S/C12H15FO2/c1-4-15-12(14)9-5-6-11(13)10(7-9)8(2)3/h5-8H,4H2,1-3H3. The Labute approximate surface area is 89.1 Å². The minimum absolute atomic E-state index is 0.0550. The van der Waals surface area contributed by atoms with Gasteiger partial charge in [-0.2, -0.15) is 0 Å². The van der Waals surface area contributed by atoms with Crippen LogP contribution in [0.1, 0.15) is 42.6 Å². The van der Waals surface area contributed by atoms with Gasteiger partial charge < -0.3 is 4.74 Å². The molecule has 1 aromatic rings. The van der Waals surface area contributed by atoms with Crippen LogP contribution >= 0.6 is 0 Å². The third kappa shape index (κ3) is 2.78. The van der Waals surface area contributed by atoms with Gasteiger partial charge in [-0.3, -0.25) is 0 Å². The second-order valence-corrected chi connectivity index (χ2v) is 3.61. The molecule has 15 heavy (non-hydrogen) atoms. The largest absolute Gasteiger partial charge is 0.462 e. The van der Waals surface area contributed by atoms with Gasteiger partial charge in [0.2, 0.25) is 0 Å². The molecule has 0 amide bonds. The van der Waals surface area contributed by atoms with Crippen LogP contribution in [0.2, 0.25) is 0 Å². The van der Waals surface area contributed by atoms with Gasteiger partial charge in [-0.15, -0.1) is 0 Å². The van der Waals surface area contributed by atoms with Crippen LogP contribution in [0.15, 0.2) is 18.2 Å². The molecule has 1 aromatic carbocycles. The van der Waals surface area contributed by atoms with Crippen molar-refractivity contribution in [2.45, 2.75) is 26.7 Å². The fourth-order valence-corrected chi connectivity index (χ4v) is 1.33. The SMILES string of the molecule is CCOC(=O)c1ccc(F)c(C(C)C)c1. The van der Waals surface area contributed by atoms with Gasteiger partial charge in [-0.05, 0) is 36.6 Å². The van der Waals surface area contributed by atoms with Gasteiger partial charge in [0, 0.05) is 0 Å². The van der Waals surface area contributed by atoms with E-state index in [1.54, 1.807) is 13.0 Å². The molecule has 0 aliphatic heterocycles. The molecule has 1 rings (SSSR count). The second-order valence-electron chi connectivity index (χ2n) is 3.61. The molecular formula is C12H15FO2. The second kappa shape index (κ2) is 4.91. The lowest BCUT2D eigenvalue weighted by Gasteiger charge is -2.09. The van der Waals surface area contributed by atoms with Crippen LogP contribution in [0.5, 0.6) is 0 Å². The molecule has 0 heterocycles. The maximum atomic E-state index is 13.3. The van der Waals surface area contributed by atoms with E-state index >= 15 is 0 Å². The lowest BCUT2D eigenvalue weighted by molar-refractivity contribution is 0.0526. The van der Waals surface area contributed by atoms with Gasteiger partial charge in [0.25, 0.3) is 0 Å². The fourth-order valence-electron chi connectivity index (χ4n) is 1.33. The Balaban J connectivity index is 3.02. The van der Waals surface area contributed by atoms with Gasteiger partial charge in [-0.25, -0.2) is 9.18 Å². The maximum absolute atomic E-state index is 13.3. The van der Waals surface area contributed by atoms with Crippen LogP contribution in [0.25, 0.3) is 0 Å². The van der Waals surface area contributed by atoms with E-state index in [-0.39, 0.29) is 11.7 Å². The Morgan fingerprint density at radius 2 is 2.13 bits per heavy atom. The summed E-state index contributed by atoms with van der Waals surface area (Å²) in [5.74, 6) is -0.628. The van der Waals surface area contributed by atoms with Crippen LogP contribution in [0.4, 0.5) is 4.39 Å². The number of esters is 1. The Kier molecular flexibility index (Phi) is 3.83. The van der Waals surface area contributed by atoms with Crippen molar-refractivity contribution in [3.63, 3.8) is 0 Å². The van der Waals surface area contributed by atoms with Gasteiger partial charge in [0.05, 0.1) is 12.2 Å². The molecule has 0 radical (unpaired) electrons. The van der Waals surface area contributed by atoms with E-state index < -0.39 is 5.97 Å². The molecule has 0 spiro atoms. The lowest BCUT2D eigenvalue weighted by Crippen LogP contribution is -2.06. The zero-order valence-electron chi connectivity index (χ0n) is 9.21. The fraction of sp³-hybridized carbons (Fsp3) is 0.417. The molecule has 0 unspecified atom stereocenters. The summed E-state index contributed by atoms with van der Waals surface area (Å²) in [5.41, 5.74) is 0.947. The monoisotopic (exact) mass is 210 g/mol. The van der Waals surface area contributed by atoms with Crippen LogP contribution in [-0.4, -0.2) is 12.6 Å². The van der Waals surface area contributed by atoms with Crippen molar-refractivity contribution in [1.29, 1.82) is 0 Å². The van der Waals surface area contributed by atoms with Crippen LogP contribution in [0.3, 0.4) is 0 Å². The van der Waals surface area contributed by atoms with E-state index in [4.69, 9.17) is 4.74 Å². The summed E-state index contributed by atoms with van der Waals surface area (Å²) in [5, 5.41) is 0. The zero-order valence-corrected chi connectivity index (χ0v) is 9.21. The third-order valence-corrected chi connectivity index (χ3v) is 2.13. The Morgan fingerprint density at radius 3 is 2.67 bits per heavy atom. The van der Waals surface area contributed by atoms with Gasteiger partial charge in [0.15, 0.2) is 0 Å². The van der Waals surface area contributed by atoms with Crippen molar-refractivity contribution in [2.24, 2.45) is 0 Å². The molecule has 2 nitrogen and oxygen atoms in total. The minimum atomic E-state index is -0.403. The molecule has 0 fully saturated rings. The molecule has 0 saturated carbocycles. The predicted molar refractivity (Wildman–Crippen MR) is 56.4 cm³/mol. The summed E-state index contributed by atoms with van der Waals surface area (Å²) < 4.78 is 18.2. The van der Waals surface area contributed by atoms with Gasteiger partial charge in [-0.1, -0.05) is 13.8 Å². The average molecular weight is 210 g/mol. The van der Waals surface area contributed by atoms with Crippen molar-refractivity contribution >= 4 is 5.97 Å². The number of benzene rings is 1. The van der Waals surface area contributed by atoms with Crippen LogP contribution < -0.4 is 0 Å². The van der Waals surface area contributed by atoms with Gasteiger partial charge >= 0.3 is 5.97 Å². The smallest absolute Gasteiger partial charge is 0.338 e. The molecule has 0 aliphatic carbocycles. The number of carbonyl (C=O) groups is 1. The predicted octanol–water partition coefficient (Wildman–Crippen LogP) is 3.13. The van der Waals surface area contributed by atoms with E-state index in [0.29, 0.717) is 17.7 Å². The van der Waals surface area contributed by atoms with Crippen molar-refractivity contribution in [3.8, 4) is 0 Å². The Bertz CT molecular complexity index is 359. The highest BCUT2D eigenvalue weighted by Gasteiger charge is 2.12. The summed E-state index contributed by atoms with van der Waals surface area (Å²) in [6.45, 7) is 5.83. The van der Waals surface area contributed by atoms with Crippen LogP contribution in [-0.2, 0) is 4.74 Å². The molecule has 0 N–H and O–H groups in total. The van der Waals surface area contributed by atoms with E-state index in [2.05, 4.69) is 0 Å². The van der Waals surface area contributed by atoms with Crippen LogP contribution in [0, 0.1) is 5.82 Å². The first-order valence-corrected chi connectivity index (χ1v) is 5.02. The van der Waals surface area contributed by atoms with Crippen molar-refractivity contribution in [2.75, 3.05) is 6.61 Å². The quantitative estimate of drug-likeness (QED) is 0.716. The topological polar surface area (TPSA) is 26.3 Å². The molecule has 0 aromatic heterocycles. The van der Waals surface area contributed by atoms with E-state index in [0.717, 1.165) is 0 Å². The van der Waals surface area contributed by atoms with Gasteiger partial charge in [0.1, 0.15) is 5.82 Å². The Morgan fingerprint density at radius 1 is 1.47 bits per heavy atom. The minimum Gasteiger partial charge on any atom is -0.462 e. The molecule has 3 heteroatoms. The van der Waals surface area contributed by atoms with Crippen molar-refractivity contribution < 1.29 is 13.9 Å². The lowest BCUT2D eigenvalue weighted by atomic mass is 10.0. The maximum Gasteiger partial charge on any atom is 0.338 e. The van der Waals surface area contributed by atoms with Crippen molar-refractivity contribution in [3.05, 3.63) is 35.1 Å². The summed E-state index contributed by atoms with van der Waals surface area (Å²) in [6.07, 6.45) is 0. The molecule has 0 bridgehead atoms. The normalized spacial score (nSPS) is 10.5. The summed E-state index contributed by atoms with van der Waals surface area (Å²) in [6, 6.07) is 4.30. The third-order valence-electron chi connectivity index (χ3n) is 2.13. The van der Waals surface area contributed by atoms with E-state index in [1.807, 2.05) is 13.8 Å². The summed E-state index contributed by atoms with van der Waals surface area (Å²) in [7, 11) is 0. The number of halogens is 1. The number of hydrogen-bond donors (Lipinski definition) is 0. The Hall–Kier alpha value is -1.38. The first kappa shape index (κ1) is 11.7. The van der Waals surface area contributed by atoms with E-state index in [1.165, 1.54) is 12.1 Å². The number of hydrogen-bond acceptors (Lipinski definition) is 2. The molecular weight excluding hydrogens is 195 g/mol. The summed E-state index contributed by atoms with van der Waals surface area (Å²) in [4.78, 5) is 11.4. The average Bonchev–Trinajstić information content (AvgIpc) is 2.18. The molecule has 82 valence electrons. The molecule has 0 atom stereocenters. The summed E-state index contributed by atoms with van der Waals surface area (Å²) >= 11 is 0. The highest BCUT2D eigenvalue weighted by molar-refractivity contribution is 5.89.